The smallest absolute Gasteiger partial charge is 0.248 e. The number of hydrogen-bond acceptors (Lipinski definition) is 27. The van der Waals surface area contributed by atoms with E-state index in [-0.39, 0.29) is 89.3 Å². The maximum absolute atomic E-state index is 16.3. The van der Waals surface area contributed by atoms with E-state index in [1.165, 1.54) is 31.3 Å². The van der Waals surface area contributed by atoms with E-state index in [4.69, 9.17) is 96.8 Å². The molecule has 122 heavy (non-hydrogen) atoms. The first-order valence-electron chi connectivity index (χ1n) is 39.1. The van der Waals surface area contributed by atoms with Crippen LogP contribution in [0.5, 0.6) is 51.7 Å². The average Bonchev–Trinajstić information content (AvgIpc) is 0.753. The number of unbranched alkanes of at least 4 members (excludes halogenated alkanes) is 1. The highest BCUT2D eigenvalue weighted by molar-refractivity contribution is 6.42. The highest BCUT2D eigenvalue weighted by atomic mass is 35.5. The van der Waals surface area contributed by atoms with Crippen LogP contribution in [0.2, 0.25) is 20.1 Å². The number of phenolic OH excluding ortho intramolecular Hbond substituents is 3. The van der Waals surface area contributed by atoms with E-state index in [0.29, 0.717) is 28.6 Å². The molecule has 7 aromatic rings. The molecular weight excluding hydrogens is 1670 g/mol. The fourth-order valence-electron chi connectivity index (χ4n) is 14.8. The summed E-state index contributed by atoms with van der Waals surface area (Å²) in [5.41, 5.74) is 17.1. The van der Waals surface area contributed by atoms with Crippen LogP contribution in [0.25, 0.3) is 11.1 Å². The highest BCUT2D eigenvalue weighted by Crippen LogP contribution is 2.50. The van der Waals surface area contributed by atoms with E-state index in [2.05, 4.69) is 47.9 Å². The zero-order valence-electron chi connectivity index (χ0n) is 66.0. The monoisotopic (exact) mass is 1770 g/mol. The van der Waals surface area contributed by atoms with E-state index in [9.17, 15) is 55.2 Å². The number of aliphatic hydroxyl groups is 5. The lowest BCUT2D eigenvalue weighted by atomic mass is 9.89. The van der Waals surface area contributed by atoms with Crippen LogP contribution in [-0.2, 0) is 65.7 Å². The van der Waals surface area contributed by atoms with Gasteiger partial charge in [0.15, 0.2) is 23.9 Å². The van der Waals surface area contributed by atoms with Crippen LogP contribution in [0.15, 0.2) is 121 Å². The third kappa shape index (κ3) is 21.1. The molecule has 39 heteroatoms. The molecule has 10 unspecified atom stereocenters. The van der Waals surface area contributed by atoms with Crippen molar-refractivity contribution in [3.05, 3.63) is 180 Å². The fourth-order valence-corrected chi connectivity index (χ4v) is 15.5. The topological polar surface area (TPSA) is 549 Å². The maximum Gasteiger partial charge on any atom is 0.248 e. The van der Waals surface area contributed by atoms with Crippen molar-refractivity contribution in [3.8, 4) is 62.9 Å². The molecular formula is C83H94Cl4N12O23. The van der Waals surface area contributed by atoms with Gasteiger partial charge in [0.05, 0.1) is 44.8 Å². The minimum atomic E-state index is -2.34. The number of aromatic hydroxyl groups is 3. The molecule has 2 saturated heterocycles. The quantitative estimate of drug-likeness (QED) is 0.0400. The molecule has 0 aliphatic carbocycles. The van der Waals surface area contributed by atoms with E-state index in [0.717, 1.165) is 65.7 Å². The maximum atomic E-state index is 16.3. The lowest BCUT2D eigenvalue weighted by Gasteiger charge is -2.45. The molecule has 11 bridgehead atoms. The minimum Gasteiger partial charge on any atom is -0.508 e. The van der Waals surface area contributed by atoms with Crippen LogP contribution in [0.3, 0.4) is 0 Å². The van der Waals surface area contributed by atoms with Gasteiger partial charge in [-0.1, -0.05) is 96.6 Å². The number of halogens is 4. The van der Waals surface area contributed by atoms with Gasteiger partial charge >= 0.3 is 0 Å². The third-order valence-corrected chi connectivity index (χ3v) is 22.6. The van der Waals surface area contributed by atoms with Crippen molar-refractivity contribution in [2.24, 2.45) is 23.1 Å². The van der Waals surface area contributed by atoms with Crippen molar-refractivity contribution < 1.29 is 112 Å². The summed E-state index contributed by atoms with van der Waals surface area (Å²) in [6, 6.07) is 12.1. The van der Waals surface area contributed by atoms with Gasteiger partial charge in [0, 0.05) is 49.3 Å². The van der Waals surface area contributed by atoms with Crippen LogP contribution in [0.1, 0.15) is 122 Å². The number of hydrogen-bond donors (Lipinski definition) is 20. The van der Waals surface area contributed by atoms with Gasteiger partial charge < -0.3 is 139 Å². The number of nitrogens with two attached hydrogens (primary N) is 3. The summed E-state index contributed by atoms with van der Waals surface area (Å²) in [6.45, 7) is 5.35. The van der Waals surface area contributed by atoms with Gasteiger partial charge in [-0.3, -0.25) is 38.4 Å². The number of likely N-dealkylation sites (N-methyl/N-ethyl adjacent to an activating group) is 1. The second kappa shape index (κ2) is 39.8. The number of fused-ring (bicyclic) bond motifs is 15. The molecule has 8 amide bonds. The van der Waals surface area contributed by atoms with Gasteiger partial charge in [-0.15, -0.1) is 0 Å². The number of ether oxygens (including phenoxy) is 7. The van der Waals surface area contributed by atoms with Gasteiger partial charge in [0.25, 0.3) is 0 Å². The second-order valence-corrected chi connectivity index (χ2v) is 32.1. The molecule has 23 N–H and O–H groups in total. The van der Waals surface area contributed by atoms with E-state index in [1.54, 1.807) is 37.3 Å². The Labute approximate surface area is 718 Å². The number of benzene rings is 7. The Morgan fingerprint density at radius 3 is 1.92 bits per heavy atom. The summed E-state index contributed by atoms with van der Waals surface area (Å²) >= 11 is 26.8. The predicted octanol–water partition coefficient (Wildman–Crippen LogP) is 4.17. The van der Waals surface area contributed by atoms with Gasteiger partial charge in [0.1, 0.15) is 108 Å². The molecule has 0 spiro atoms. The number of carbonyl (C=O) groups is 8. The van der Waals surface area contributed by atoms with Crippen LogP contribution < -0.4 is 84.0 Å². The Morgan fingerprint density at radius 1 is 0.631 bits per heavy atom. The number of phenols is 3. The lowest BCUT2D eigenvalue weighted by molar-refractivity contribution is -0.327. The first-order chi connectivity index (χ1) is 58.2. The van der Waals surface area contributed by atoms with Crippen molar-refractivity contribution in [1.82, 2.24) is 47.9 Å². The number of nitrogens with one attached hydrogen (secondary N) is 9. The molecule has 2 fully saturated rings. The Bertz CT molecular complexity index is 5060. The van der Waals surface area contributed by atoms with Crippen molar-refractivity contribution in [3.63, 3.8) is 0 Å². The van der Waals surface area contributed by atoms with Gasteiger partial charge in [0.2, 0.25) is 59.3 Å². The van der Waals surface area contributed by atoms with Crippen LogP contribution in [0, 0.1) is 5.92 Å². The van der Waals surface area contributed by atoms with Crippen molar-refractivity contribution in [2.75, 3.05) is 26.7 Å². The highest BCUT2D eigenvalue weighted by Gasteiger charge is 2.51. The number of primary amides is 1. The molecule has 0 radical (unpaired) electrons. The average molecular weight is 1770 g/mol. The van der Waals surface area contributed by atoms with Gasteiger partial charge in [-0.2, -0.15) is 0 Å². The normalized spacial score (nSPS) is 25.7. The number of aliphatic hydroxyl groups excluding tert-OH is 5. The van der Waals surface area contributed by atoms with E-state index >= 15 is 24.0 Å². The summed E-state index contributed by atoms with van der Waals surface area (Å²) in [4.78, 5) is 120. The number of carbonyl (C=O) groups excluding carboxylic acids is 8. The Morgan fingerprint density at radius 2 is 1.28 bits per heavy atom. The number of amides is 8. The van der Waals surface area contributed by atoms with E-state index < -0.39 is 221 Å². The predicted molar refractivity (Wildman–Crippen MR) is 440 cm³/mol. The van der Waals surface area contributed by atoms with Crippen LogP contribution >= 0.6 is 46.4 Å². The molecule has 7 aliphatic heterocycles. The third-order valence-electron chi connectivity index (χ3n) is 21.3. The van der Waals surface area contributed by atoms with Crippen molar-refractivity contribution >= 4 is 93.7 Å². The van der Waals surface area contributed by atoms with Crippen LogP contribution in [0.4, 0.5) is 0 Å². The van der Waals surface area contributed by atoms with Gasteiger partial charge in [-0.05, 0) is 164 Å². The molecule has 7 aliphatic rings. The Kier molecular flexibility index (Phi) is 29.6. The summed E-state index contributed by atoms with van der Waals surface area (Å²) in [5, 5.41) is 120. The zero-order valence-corrected chi connectivity index (χ0v) is 69.1. The number of rotatable bonds is 23. The minimum absolute atomic E-state index is 0.0241. The van der Waals surface area contributed by atoms with Gasteiger partial charge in [-0.25, -0.2) is 0 Å². The summed E-state index contributed by atoms with van der Waals surface area (Å²) in [6.07, 6.45) is -17.1. The zero-order chi connectivity index (χ0) is 87.8. The lowest BCUT2D eigenvalue weighted by Crippen LogP contribution is -2.63. The molecule has 0 saturated carbocycles. The summed E-state index contributed by atoms with van der Waals surface area (Å²) in [5.74, 6) is -13.9. The largest absolute Gasteiger partial charge is 0.508 e. The molecule has 0 aromatic heterocycles. The second-order valence-electron chi connectivity index (χ2n) is 30.5. The first kappa shape index (κ1) is 90.8. The Hall–Kier alpha value is -10.4. The standard InChI is InChI=1S/C83H94Cl4N12O23/c1-35(2)21-52(91-4)76(109)98-67-70(105)40-11-17-56(49(86)24-40)118-58-26-42-27-59(74(58)122-83-75(73(108)72(107)60(32-89)120-83)121-62-31-51(69(104)36(3)117-62)93-33-37-7-13-44(14-8-37)116-34-38-9-15-47(84)48(85)22-38)119-57-18-12-41(25-50(57)87)71(106)68-82(115)97-66(78(111)92-20-6-5-19-88)46-28-43(100)29-55(102)63(46)45-23-39(10-16-54(45)101)64(79(112)99-68)96-80(113)65(42)95-77(110)53(30-61(90)103)94-81(67)114/h7-18,22-29,35-36,51-53,60,62,64-73,75,83,91,93,100-102,104-108H,5-6,19-21,30-34,88-89H2,1-4H3,(H2,90,103)(H,92,111)(H,94,114)(H,95,110)(H,96,113)(H,97,115)(H,98,109)(H,99,112)/t36?,51?,52-,53+,60?,62?,64?,65-,66-,67-,68+,69?,70-,71-,72?,73?,75?,83?/m1/s1. The SMILES string of the molecule is CN[C@H](CC(C)C)C(=O)N[C@H]1C(=O)N[C@@H](CC(N)=O)C(=O)N[C@H]2C(=O)NC3C(=O)N[C@H](C(=O)N[C@@H](C(=O)NCCCCN)c4cc(O)cc(O)c4-c4cc3ccc4O)[C@H](O)c3ccc(c(Cl)c3)Oc3cc2cc(c3OC2OC(CN)C(O)C(O)C2OC2CC(NCc3ccc(OCc4ccc(Cl)c(Cl)c4)cc3)C(O)C(C)O2)Oc2ccc(cc2Cl)[C@H]1O. The molecule has 7 aromatic carbocycles. The first-order valence-corrected chi connectivity index (χ1v) is 40.6. The molecule has 14 rings (SSSR count). The summed E-state index contributed by atoms with van der Waals surface area (Å²) < 4.78 is 45.7. The fraction of sp³-hybridized carbons (Fsp3) is 0.398. The molecule has 652 valence electrons. The Balaban J connectivity index is 1.01. The van der Waals surface area contributed by atoms with Crippen LogP contribution in [-0.4, -0.2) is 194 Å². The molecule has 35 nitrogen and oxygen atoms in total. The van der Waals surface area contributed by atoms with E-state index in [1.807, 2.05) is 26.0 Å². The van der Waals surface area contributed by atoms with Crippen molar-refractivity contribution in [1.29, 1.82) is 0 Å². The molecule has 7 heterocycles. The molecule has 18 atom stereocenters. The summed E-state index contributed by atoms with van der Waals surface area (Å²) in [7, 11) is 1.49. The van der Waals surface area contributed by atoms with Crippen molar-refractivity contribution in [2.45, 2.75) is 176 Å².